The van der Waals surface area contributed by atoms with Crippen LogP contribution in [0.5, 0.6) is 0 Å². The average Bonchev–Trinajstić information content (AvgIpc) is 3.32. The van der Waals surface area contributed by atoms with E-state index in [0.717, 1.165) is 48.1 Å². The van der Waals surface area contributed by atoms with E-state index in [9.17, 15) is 4.79 Å². The summed E-state index contributed by atoms with van der Waals surface area (Å²) in [7, 11) is 0. The number of aromatic nitrogens is 5. The topological polar surface area (TPSA) is 79.7 Å². The van der Waals surface area contributed by atoms with Gasteiger partial charge in [-0.1, -0.05) is 55.3 Å². The van der Waals surface area contributed by atoms with Crippen LogP contribution in [0.1, 0.15) is 69.1 Å². The fourth-order valence-corrected chi connectivity index (χ4v) is 4.60. The van der Waals surface area contributed by atoms with E-state index in [1.54, 1.807) is 0 Å². The summed E-state index contributed by atoms with van der Waals surface area (Å²) in [6.07, 6.45) is 2.76. The van der Waals surface area contributed by atoms with Crippen LogP contribution in [0.4, 0.5) is 0 Å². The van der Waals surface area contributed by atoms with Gasteiger partial charge < -0.3 is 4.98 Å². The van der Waals surface area contributed by atoms with Gasteiger partial charge in [0.25, 0.3) is 5.56 Å². The third-order valence-electron chi connectivity index (χ3n) is 6.41. The second kappa shape index (κ2) is 10.5. The van der Waals surface area contributed by atoms with E-state index in [-0.39, 0.29) is 17.1 Å². The molecule has 1 atom stereocenters. The van der Waals surface area contributed by atoms with Crippen LogP contribution in [-0.2, 0) is 18.5 Å². The molecule has 0 spiro atoms. The van der Waals surface area contributed by atoms with Gasteiger partial charge in [-0.2, -0.15) is 0 Å². The Morgan fingerprint density at radius 3 is 2.57 bits per heavy atom. The third kappa shape index (κ3) is 5.85. The number of pyridine rings is 1. The maximum atomic E-state index is 13.1. The number of rotatable bonds is 9. The van der Waals surface area contributed by atoms with Gasteiger partial charge in [0.2, 0.25) is 0 Å². The van der Waals surface area contributed by atoms with Crippen molar-refractivity contribution in [2.45, 2.75) is 72.0 Å². The summed E-state index contributed by atoms with van der Waals surface area (Å²) in [6.45, 7) is 11.9. The molecule has 0 saturated heterocycles. The van der Waals surface area contributed by atoms with Crippen LogP contribution in [0.2, 0.25) is 0 Å². The normalized spacial score (nSPS) is 13.0. The fraction of sp³-hybridized carbons (Fsp3) is 0.429. The highest BCUT2D eigenvalue weighted by molar-refractivity contribution is 5.79. The zero-order valence-corrected chi connectivity index (χ0v) is 21.5. The molecule has 0 bridgehead atoms. The summed E-state index contributed by atoms with van der Waals surface area (Å²) >= 11 is 0. The second-order valence-electron chi connectivity index (χ2n) is 10.3. The molecule has 0 aliphatic heterocycles. The molecule has 1 unspecified atom stereocenters. The maximum absolute atomic E-state index is 13.1. The van der Waals surface area contributed by atoms with E-state index in [2.05, 4.69) is 90.4 Å². The number of nitrogens with zero attached hydrogens (tertiary/aromatic N) is 5. The van der Waals surface area contributed by atoms with Crippen LogP contribution >= 0.6 is 0 Å². The summed E-state index contributed by atoms with van der Waals surface area (Å²) in [5, 5.41) is 13.9. The Labute approximate surface area is 207 Å². The molecular weight excluding hydrogens is 436 g/mol. The molecule has 0 radical (unpaired) electrons. The molecule has 0 fully saturated rings. The zero-order chi connectivity index (χ0) is 25.0. The number of H-pyrrole nitrogens is 1. The lowest BCUT2D eigenvalue weighted by Gasteiger charge is -2.33. The molecule has 7 heteroatoms. The number of hydrogen-bond acceptors (Lipinski definition) is 5. The van der Waals surface area contributed by atoms with E-state index in [1.807, 2.05) is 28.9 Å². The molecule has 0 saturated carbocycles. The van der Waals surface area contributed by atoms with Crippen LogP contribution in [-0.4, -0.2) is 36.6 Å². The first-order valence-corrected chi connectivity index (χ1v) is 12.5. The van der Waals surface area contributed by atoms with Gasteiger partial charge in [-0.3, -0.25) is 9.69 Å². The van der Waals surface area contributed by atoms with Crippen molar-refractivity contribution in [1.82, 2.24) is 30.1 Å². The highest BCUT2D eigenvalue weighted by Crippen LogP contribution is 2.29. The molecule has 2 aromatic heterocycles. The van der Waals surface area contributed by atoms with Gasteiger partial charge in [-0.15, -0.1) is 5.10 Å². The highest BCUT2D eigenvalue weighted by Gasteiger charge is 2.30. The highest BCUT2D eigenvalue weighted by atomic mass is 16.1. The quantitative estimate of drug-likeness (QED) is 0.364. The molecular formula is C28H36N6O. The molecule has 35 heavy (non-hydrogen) atoms. The minimum atomic E-state index is -0.242. The predicted octanol–water partition coefficient (Wildman–Crippen LogP) is 5.16. The summed E-state index contributed by atoms with van der Waals surface area (Å²) < 4.78 is 1.93. The molecule has 1 N–H and O–H groups in total. The van der Waals surface area contributed by atoms with Crippen molar-refractivity contribution < 1.29 is 0 Å². The molecule has 2 aromatic carbocycles. The Bertz CT molecular complexity index is 1320. The Kier molecular flexibility index (Phi) is 7.45. The van der Waals surface area contributed by atoms with Crippen molar-refractivity contribution in [3.63, 3.8) is 0 Å². The van der Waals surface area contributed by atoms with Crippen molar-refractivity contribution in [3.05, 3.63) is 87.5 Å². The zero-order valence-electron chi connectivity index (χ0n) is 21.5. The number of aryl methyl sites for hydroxylation is 1. The van der Waals surface area contributed by atoms with E-state index in [4.69, 9.17) is 0 Å². The van der Waals surface area contributed by atoms with Crippen LogP contribution in [0, 0.1) is 6.92 Å². The average molecular weight is 473 g/mol. The second-order valence-corrected chi connectivity index (χ2v) is 10.3. The number of hydrogen-bond donors (Lipinski definition) is 1. The summed E-state index contributed by atoms with van der Waals surface area (Å²) in [4.78, 5) is 18.5. The van der Waals surface area contributed by atoms with Crippen LogP contribution in [0.25, 0.3) is 10.9 Å². The molecule has 7 nitrogen and oxygen atoms in total. The number of aromatic amines is 1. The standard InChI is InChI=1S/C28H36N6O/c1-6-10-25(26-30-31-32-34(26)28(3,4)5)33(16-15-21-11-8-7-9-12-21)19-23-18-22-17-20(2)13-14-24(22)29-27(23)35/h7-9,11-14,17-18,25H,6,10,15-16,19H2,1-5H3,(H,29,35). The van der Waals surface area contributed by atoms with Crippen molar-refractivity contribution in [3.8, 4) is 0 Å². The first kappa shape index (κ1) is 24.8. The Morgan fingerprint density at radius 1 is 1.09 bits per heavy atom. The van der Waals surface area contributed by atoms with Gasteiger partial charge in [-0.05, 0) is 80.1 Å². The number of tetrazole rings is 1. The smallest absolute Gasteiger partial charge is 0.252 e. The Hall–Kier alpha value is -3.32. The summed E-state index contributed by atoms with van der Waals surface area (Å²) in [6, 6.07) is 18.6. The van der Waals surface area contributed by atoms with Gasteiger partial charge >= 0.3 is 0 Å². The summed E-state index contributed by atoms with van der Waals surface area (Å²) in [5.41, 5.74) is 3.77. The first-order chi connectivity index (χ1) is 16.8. The molecule has 4 aromatic rings. The van der Waals surface area contributed by atoms with E-state index in [1.165, 1.54) is 11.1 Å². The molecule has 184 valence electrons. The lowest BCUT2D eigenvalue weighted by atomic mass is 10.0. The first-order valence-electron chi connectivity index (χ1n) is 12.5. The SMILES string of the molecule is CCCC(c1nnnn1C(C)(C)C)N(CCc1ccccc1)Cc1cc2cc(C)ccc2[nH]c1=O. The fourth-order valence-electron chi connectivity index (χ4n) is 4.60. The molecule has 0 amide bonds. The largest absolute Gasteiger partial charge is 0.322 e. The van der Waals surface area contributed by atoms with E-state index < -0.39 is 0 Å². The lowest BCUT2D eigenvalue weighted by molar-refractivity contribution is 0.158. The third-order valence-corrected chi connectivity index (χ3v) is 6.41. The molecule has 2 heterocycles. The number of nitrogens with one attached hydrogen (secondary N) is 1. The minimum absolute atomic E-state index is 0.00876. The molecule has 0 aliphatic carbocycles. The van der Waals surface area contributed by atoms with Gasteiger partial charge in [0.1, 0.15) is 0 Å². The lowest BCUT2D eigenvalue weighted by Crippen LogP contribution is -2.36. The van der Waals surface area contributed by atoms with Crippen molar-refractivity contribution in [2.24, 2.45) is 0 Å². The van der Waals surface area contributed by atoms with Crippen LogP contribution < -0.4 is 5.56 Å². The summed E-state index contributed by atoms with van der Waals surface area (Å²) in [5.74, 6) is 0.848. The Morgan fingerprint density at radius 2 is 1.86 bits per heavy atom. The molecule has 4 rings (SSSR count). The monoisotopic (exact) mass is 472 g/mol. The van der Waals surface area contributed by atoms with Gasteiger partial charge in [0, 0.05) is 24.2 Å². The van der Waals surface area contributed by atoms with E-state index in [0.29, 0.717) is 6.54 Å². The van der Waals surface area contributed by atoms with Crippen molar-refractivity contribution in [1.29, 1.82) is 0 Å². The van der Waals surface area contributed by atoms with Gasteiger partial charge in [-0.25, -0.2) is 4.68 Å². The minimum Gasteiger partial charge on any atom is -0.322 e. The maximum Gasteiger partial charge on any atom is 0.252 e. The Balaban J connectivity index is 1.74. The number of benzene rings is 2. The van der Waals surface area contributed by atoms with E-state index >= 15 is 0 Å². The van der Waals surface area contributed by atoms with Crippen molar-refractivity contribution >= 4 is 10.9 Å². The van der Waals surface area contributed by atoms with Crippen LogP contribution in [0.15, 0.2) is 59.4 Å². The van der Waals surface area contributed by atoms with Crippen molar-refractivity contribution in [2.75, 3.05) is 6.54 Å². The van der Waals surface area contributed by atoms with Crippen LogP contribution in [0.3, 0.4) is 0 Å². The number of fused-ring (bicyclic) bond motifs is 1. The van der Waals surface area contributed by atoms with Gasteiger partial charge in [0.05, 0.1) is 11.6 Å². The predicted molar refractivity (Wildman–Crippen MR) is 140 cm³/mol. The van der Waals surface area contributed by atoms with Gasteiger partial charge in [0.15, 0.2) is 5.82 Å². The molecule has 0 aliphatic rings.